The van der Waals surface area contributed by atoms with Gasteiger partial charge in [-0.1, -0.05) is 6.07 Å². The molecular formula is C18H26F2N2O2. The summed E-state index contributed by atoms with van der Waals surface area (Å²) < 4.78 is 34.4. The number of hydrogen-bond donors (Lipinski definition) is 1. The SMILES string of the molecule is COc1cc(CN2CCC(C3CCCN3)CC2)ccc1OC(F)F. The topological polar surface area (TPSA) is 33.7 Å². The molecule has 6 heteroatoms. The lowest BCUT2D eigenvalue weighted by Gasteiger charge is -2.35. The van der Waals surface area contributed by atoms with Crippen molar-refractivity contribution in [1.82, 2.24) is 10.2 Å². The van der Waals surface area contributed by atoms with Crippen molar-refractivity contribution in [1.29, 1.82) is 0 Å². The standard InChI is InChI=1S/C18H26F2N2O2/c1-23-17-11-13(4-5-16(17)24-18(19)20)12-22-9-6-14(7-10-22)15-3-2-8-21-15/h4-5,11,14-15,18,21H,2-3,6-10,12H2,1H3. The predicted molar refractivity (Wildman–Crippen MR) is 88.7 cm³/mol. The van der Waals surface area contributed by atoms with E-state index in [1.54, 1.807) is 12.1 Å². The van der Waals surface area contributed by atoms with Crippen LogP contribution in [-0.2, 0) is 6.54 Å². The van der Waals surface area contributed by atoms with Gasteiger partial charge in [-0.05, 0) is 68.9 Å². The van der Waals surface area contributed by atoms with Crippen LogP contribution < -0.4 is 14.8 Å². The molecule has 1 unspecified atom stereocenters. The molecule has 1 N–H and O–H groups in total. The number of methoxy groups -OCH3 is 1. The van der Waals surface area contributed by atoms with Gasteiger partial charge in [-0.25, -0.2) is 0 Å². The smallest absolute Gasteiger partial charge is 0.387 e. The lowest BCUT2D eigenvalue weighted by Crippen LogP contribution is -2.40. The molecule has 4 nitrogen and oxygen atoms in total. The van der Waals surface area contributed by atoms with Gasteiger partial charge in [-0.15, -0.1) is 0 Å². The number of benzene rings is 1. The highest BCUT2D eigenvalue weighted by Gasteiger charge is 2.28. The van der Waals surface area contributed by atoms with Gasteiger partial charge in [0.15, 0.2) is 11.5 Å². The molecule has 0 radical (unpaired) electrons. The molecule has 2 aliphatic heterocycles. The van der Waals surface area contributed by atoms with Crippen molar-refractivity contribution in [3.63, 3.8) is 0 Å². The van der Waals surface area contributed by atoms with Crippen molar-refractivity contribution in [2.75, 3.05) is 26.7 Å². The van der Waals surface area contributed by atoms with Crippen molar-refractivity contribution < 1.29 is 18.3 Å². The first kappa shape index (κ1) is 17.4. The Kier molecular flexibility index (Phi) is 5.89. The number of likely N-dealkylation sites (tertiary alicyclic amines) is 1. The van der Waals surface area contributed by atoms with Crippen molar-refractivity contribution in [3.8, 4) is 11.5 Å². The van der Waals surface area contributed by atoms with Gasteiger partial charge in [0.25, 0.3) is 0 Å². The molecule has 2 aliphatic rings. The maximum Gasteiger partial charge on any atom is 0.387 e. The highest BCUT2D eigenvalue weighted by molar-refractivity contribution is 5.43. The van der Waals surface area contributed by atoms with Crippen LogP contribution >= 0.6 is 0 Å². The molecule has 3 rings (SSSR count). The molecule has 0 saturated carbocycles. The summed E-state index contributed by atoms with van der Waals surface area (Å²) in [5.74, 6) is 1.24. The third-order valence-corrected chi connectivity index (χ3v) is 5.15. The van der Waals surface area contributed by atoms with Crippen LogP contribution in [0.1, 0.15) is 31.2 Å². The van der Waals surface area contributed by atoms with Crippen molar-refractivity contribution >= 4 is 0 Å². The molecule has 0 aromatic heterocycles. The monoisotopic (exact) mass is 340 g/mol. The molecule has 0 bridgehead atoms. The minimum atomic E-state index is -2.84. The maximum absolute atomic E-state index is 12.4. The number of piperidine rings is 1. The fourth-order valence-corrected chi connectivity index (χ4v) is 3.89. The molecule has 2 fully saturated rings. The maximum atomic E-state index is 12.4. The van der Waals surface area contributed by atoms with Gasteiger partial charge in [0, 0.05) is 12.6 Å². The van der Waals surface area contributed by atoms with Gasteiger partial charge in [0.05, 0.1) is 7.11 Å². The Balaban J connectivity index is 1.54. The summed E-state index contributed by atoms with van der Waals surface area (Å²) >= 11 is 0. The zero-order chi connectivity index (χ0) is 16.9. The van der Waals surface area contributed by atoms with E-state index in [2.05, 4.69) is 15.0 Å². The summed E-state index contributed by atoms with van der Waals surface area (Å²) in [5, 5.41) is 3.62. The minimum absolute atomic E-state index is 0.0854. The molecule has 1 aromatic rings. The average Bonchev–Trinajstić information content (AvgIpc) is 3.11. The number of rotatable bonds is 6. The quantitative estimate of drug-likeness (QED) is 0.862. The first-order valence-corrected chi connectivity index (χ1v) is 8.73. The van der Waals surface area contributed by atoms with Crippen LogP contribution in [0, 0.1) is 5.92 Å². The molecule has 0 aliphatic carbocycles. The van der Waals surface area contributed by atoms with Crippen molar-refractivity contribution in [2.45, 2.75) is 44.9 Å². The second-order valence-electron chi connectivity index (χ2n) is 6.68. The Bertz CT molecular complexity index is 528. The van der Waals surface area contributed by atoms with Crippen LogP contribution in [0.25, 0.3) is 0 Å². The van der Waals surface area contributed by atoms with Gasteiger partial charge in [0.2, 0.25) is 0 Å². The predicted octanol–water partition coefficient (Wildman–Crippen LogP) is 3.26. The van der Waals surface area contributed by atoms with Crippen LogP contribution in [0.15, 0.2) is 18.2 Å². The summed E-state index contributed by atoms with van der Waals surface area (Å²) in [7, 11) is 1.47. The van der Waals surface area contributed by atoms with Gasteiger partial charge in [0.1, 0.15) is 0 Å². The average molecular weight is 340 g/mol. The molecule has 2 saturated heterocycles. The van der Waals surface area contributed by atoms with Crippen LogP contribution in [0.3, 0.4) is 0 Å². The van der Waals surface area contributed by atoms with E-state index in [0.29, 0.717) is 11.8 Å². The first-order valence-electron chi connectivity index (χ1n) is 8.73. The van der Waals surface area contributed by atoms with E-state index in [1.165, 1.54) is 32.8 Å². The fourth-order valence-electron chi connectivity index (χ4n) is 3.89. The number of nitrogens with one attached hydrogen (secondary N) is 1. The number of hydrogen-bond acceptors (Lipinski definition) is 4. The summed E-state index contributed by atoms with van der Waals surface area (Å²) in [6.07, 6.45) is 5.06. The Labute approximate surface area is 142 Å². The van der Waals surface area contributed by atoms with Crippen LogP contribution in [0.5, 0.6) is 11.5 Å². The zero-order valence-corrected chi connectivity index (χ0v) is 14.1. The van der Waals surface area contributed by atoms with Crippen molar-refractivity contribution in [3.05, 3.63) is 23.8 Å². The van der Waals surface area contributed by atoms with E-state index in [0.717, 1.165) is 37.7 Å². The molecule has 24 heavy (non-hydrogen) atoms. The molecule has 2 heterocycles. The zero-order valence-electron chi connectivity index (χ0n) is 14.1. The first-order chi connectivity index (χ1) is 11.7. The van der Waals surface area contributed by atoms with Crippen LogP contribution in [-0.4, -0.2) is 44.3 Å². The third kappa shape index (κ3) is 4.36. The highest BCUT2D eigenvalue weighted by atomic mass is 19.3. The van der Waals surface area contributed by atoms with E-state index in [-0.39, 0.29) is 5.75 Å². The lowest BCUT2D eigenvalue weighted by atomic mass is 9.88. The molecule has 0 spiro atoms. The lowest BCUT2D eigenvalue weighted by molar-refractivity contribution is -0.0512. The summed E-state index contributed by atoms with van der Waals surface area (Å²) in [5.41, 5.74) is 1.06. The Hall–Kier alpha value is -1.40. The Morgan fingerprint density at radius 2 is 2.00 bits per heavy atom. The number of halogens is 2. The normalized spacial score (nSPS) is 22.9. The van der Waals surface area contributed by atoms with E-state index < -0.39 is 6.61 Å². The fraction of sp³-hybridized carbons (Fsp3) is 0.667. The van der Waals surface area contributed by atoms with Gasteiger partial charge in [-0.3, -0.25) is 4.90 Å². The molecule has 1 atom stereocenters. The summed E-state index contributed by atoms with van der Waals surface area (Å²) in [6, 6.07) is 5.90. The second-order valence-corrected chi connectivity index (χ2v) is 6.68. The van der Waals surface area contributed by atoms with E-state index in [1.807, 2.05) is 6.07 Å². The van der Waals surface area contributed by atoms with Gasteiger partial charge >= 0.3 is 6.61 Å². The van der Waals surface area contributed by atoms with Crippen molar-refractivity contribution in [2.24, 2.45) is 5.92 Å². The van der Waals surface area contributed by atoms with E-state index in [9.17, 15) is 8.78 Å². The minimum Gasteiger partial charge on any atom is -0.493 e. The largest absolute Gasteiger partial charge is 0.493 e. The van der Waals surface area contributed by atoms with Gasteiger partial charge < -0.3 is 14.8 Å². The molecule has 0 amide bonds. The molecule has 1 aromatic carbocycles. The number of alkyl halides is 2. The molecular weight excluding hydrogens is 314 g/mol. The van der Waals surface area contributed by atoms with E-state index >= 15 is 0 Å². The van der Waals surface area contributed by atoms with Crippen LogP contribution in [0.2, 0.25) is 0 Å². The summed E-state index contributed by atoms with van der Waals surface area (Å²) in [4.78, 5) is 2.42. The highest BCUT2D eigenvalue weighted by Crippen LogP contribution is 2.31. The van der Waals surface area contributed by atoms with E-state index in [4.69, 9.17) is 4.74 Å². The van der Waals surface area contributed by atoms with Crippen LogP contribution in [0.4, 0.5) is 8.78 Å². The Morgan fingerprint density at radius 1 is 1.21 bits per heavy atom. The summed E-state index contributed by atoms with van der Waals surface area (Å²) in [6.45, 7) is 1.31. The second kappa shape index (κ2) is 8.12. The van der Waals surface area contributed by atoms with Gasteiger partial charge in [-0.2, -0.15) is 8.78 Å². The third-order valence-electron chi connectivity index (χ3n) is 5.15. The Morgan fingerprint density at radius 3 is 2.62 bits per heavy atom. The molecule has 134 valence electrons. The number of nitrogens with zero attached hydrogens (tertiary/aromatic N) is 1. The number of ether oxygens (including phenoxy) is 2.